The summed E-state index contributed by atoms with van der Waals surface area (Å²) in [6.07, 6.45) is 0. The number of morpholine rings is 1. The monoisotopic (exact) mass is 314 g/mol. The number of rotatable bonds is 5. The van der Waals surface area contributed by atoms with Gasteiger partial charge in [-0.25, -0.2) is 0 Å². The molecule has 1 fully saturated rings. The summed E-state index contributed by atoms with van der Waals surface area (Å²) in [7, 11) is 0. The lowest BCUT2D eigenvalue weighted by Gasteiger charge is -2.26. The van der Waals surface area contributed by atoms with Gasteiger partial charge in [-0.1, -0.05) is 6.07 Å². The van der Waals surface area contributed by atoms with Gasteiger partial charge in [0, 0.05) is 32.7 Å². The van der Waals surface area contributed by atoms with Crippen LogP contribution >= 0.6 is 12.4 Å². The van der Waals surface area contributed by atoms with Crippen LogP contribution in [-0.4, -0.2) is 57.5 Å². The highest BCUT2D eigenvalue weighted by Gasteiger charge is 2.12. The van der Waals surface area contributed by atoms with Crippen LogP contribution in [0, 0.1) is 0 Å². The molecule has 21 heavy (non-hydrogen) atoms. The number of hydrogen-bond acceptors (Lipinski definition) is 5. The Labute approximate surface area is 132 Å². The maximum atomic E-state index is 5.59. The molecule has 0 unspecified atom stereocenters. The Bertz CT molecular complexity index is 439. The summed E-state index contributed by atoms with van der Waals surface area (Å²) in [6.45, 7) is 8.04. The second-order valence-electron chi connectivity index (χ2n) is 5.11. The Morgan fingerprint density at radius 1 is 1.00 bits per heavy atom. The van der Waals surface area contributed by atoms with Crippen molar-refractivity contribution in [1.82, 2.24) is 10.2 Å². The van der Waals surface area contributed by atoms with E-state index < -0.39 is 0 Å². The van der Waals surface area contributed by atoms with Crippen LogP contribution in [0.2, 0.25) is 0 Å². The third-order valence-corrected chi connectivity index (χ3v) is 3.64. The fourth-order valence-electron chi connectivity index (χ4n) is 2.49. The Morgan fingerprint density at radius 2 is 1.76 bits per heavy atom. The average Bonchev–Trinajstić information content (AvgIpc) is 2.52. The normalized spacial score (nSPS) is 18.1. The molecule has 118 valence electrons. The summed E-state index contributed by atoms with van der Waals surface area (Å²) in [4.78, 5) is 2.43. The van der Waals surface area contributed by atoms with Gasteiger partial charge in [-0.15, -0.1) is 12.4 Å². The molecule has 0 radical (unpaired) electrons. The number of ether oxygens (including phenoxy) is 3. The maximum absolute atomic E-state index is 5.59. The largest absolute Gasteiger partial charge is 0.486 e. The smallest absolute Gasteiger partial charge is 0.161 e. The van der Waals surface area contributed by atoms with Crippen LogP contribution in [0.25, 0.3) is 0 Å². The van der Waals surface area contributed by atoms with Crippen molar-refractivity contribution in [3.05, 3.63) is 23.8 Å². The zero-order chi connectivity index (χ0) is 13.6. The number of fused-ring (bicyclic) bond motifs is 1. The minimum absolute atomic E-state index is 0. The molecule has 5 nitrogen and oxygen atoms in total. The van der Waals surface area contributed by atoms with Crippen molar-refractivity contribution < 1.29 is 14.2 Å². The molecule has 0 aromatic heterocycles. The van der Waals surface area contributed by atoms with E-state index in [4.69, 9.17) is 14.2 Å². The van der Waals surface area contributed by atoms with Crippen LogP contribution in [0.1, 0.15) is 5.56 Å². The van der Waals surface area contributed by atoms with Crippen molar-refractivity contribution in [2.24, 2.45) is 0 Å². The van der Waals surface area contributed by atoms with Crippen LogP contribution in [0.3, 0.4) is 0 Å². The molecular formula is C15H23ClN2O3. The topological polar surface area (TPSA) is 43.0 Å². The summed E-state index contributed by atoms with van der Waals surface area (Å²) in [6, 6.07) is 6.15. The quantitative estimate of drug-likeness (QED) is 0.830. The summed E-state index contributed by atoms with van der Waals surface area (Å²) < 4.78 is 16.5. The van der Waals surface area contributed by atoms with Gasteiger partial charge in [0.15, 0.2) is 11.5 Å². The molecule has 0 saturated carbocycles. The second-order valence-corrected chi connectivity index (χ2v) is 5.11. The van der Waals surface area contributed by atoms with E-state index in [0.717, 1.165) is 57.4 Å². The predicted octanol–water partition coefficient (Wildman–Crippen LogP) is 1.30. The lowest BCUT2D eigenvalue weighted by atomic mass is 10.2. The fraction of sp³-hybridized carbons (Fsp3) is 0.600. The molecule has 0 amide bonds. The number of nitrogens with one attached hydrogen (secondary N) is 1. The Balaban J connectivity index is 0.00000161. The van der Waals surface area contributed by atoms with Gasteiger partial charge in [-0.2, -0.15) is 0 Å². The zero-order valence-electron chi connectivity index (χ0n) is 12.2. The first-order valence-electron chi connectivity index (χ1n) is 7.31. The number of halogens is 1. The number of nitrogens with zero attached hydrogens (tertiary/aromatic N) is 1. The molecule has 0 atom stereocenters. The van der Waals surface area contributed by atoms with E-state index in [2.05, 4.69) is 22.3 Å². The standard InChI is InChI=1S/C15H22N2O3.ClH/c1-2-14-15(20-10-9-19-14)11-13(1)12-16-3-4-17-5-7-18-8-6-17;/h1-2,11,16H,3-10,12H2;1H. The maximum Gasteiger partial charge on any atom is 0.161 e. The van der Waals surface area contributed by atoms with Crippen LogP contribution in [0.4, 0.5) is 0 Å². The third-order valence-electron chi connectivity index (χ3n) is 3.64. The van der Waals surface area contributed by atoms with E-state index in [1.165, 1.54) is 5.56 Å². The predicted molar refractivity (Wildman–Crippen MR) is 83.6 cm³/mol. The highest BCUT2D eigenvalue weighted by Crippen LogP contribution is 2.30. The zero-order valence-corrected chi connectivity index (χ0v) is 13.0. The lowest BCUT2D eigenvalue weighted by Crippen LogP contribution is -2.40. The van der Waals surface area contributed by atoms with Crippen molar-refractivity contribution in [2.75, 3.05) is 52.6 Å². The Kier molecular flexibility index (Phi) is 6.57. The van der Waals surface area contributed by atoms with Crippen molar-refractivity contribution in [2.45, 2.75) is 6.54 Å². The van der Waals surface area contributed by atoms with Gasteiger partial charge in [0.1, 0.15) is 13.2 Å². The minimum Gasteiger partial charge on any atom is -0.486 e. The molecule has 0 aliphatic carbocycles. The summed E-state index contributed by atoms with van der Waals surface area (Å²) in [5.74, 6) is 1.72. The van der Waals surface area contributed by atoms with E-state index >= 15 is 0 Å². The van der Waals surface area contributed by atoms with Crippen molar-refractivity contribution >= 4 is 12.4 Å². The van der Waals surface area contributed by atoms with Gasteiger partial charge < -0.3 is 19.5 Å². The molecule has 1 aromatic rings. The van der Waals surface area contributed by atoms with E-state index in [1.807, 2.05) is 6.07 Å². The van der Waals surface area contributed by atoms with E-state index in [1.54, 1.807) is 0 Å². The molecule has 0 bridgehead atoms. The van der Waals surface area contributed by atoms with Crippen LogP contribution in [0.5, 0.6) is 11.5 Å². The third kappa shape index (κ3) is 4.74. The van der Waals surface area contributed by atoms with Gasteiger partial charge in [-0.3, -0.25) is 4.90 Å². The first-order chi connectivity index (χ1) is 9.92. The number of hydrogen-bond donors (Lipinski definition) is 1. The highest BCUT2D eigenvalue weighted by atomic mass is 35.5. The van der Waals surface area contributed by atoms with Gasteiger partial charge >= 0.3 is 0 Å². The van der Waals surface area contributed by atoms with E-state index in [9.17, 15) is 0 Å². The van der Waals surface area contributed by atoms with Crippen LogP contribution in [0.15, 0.2) is 18.2 Å². The van der Waals surface area contributed by atoms with Gasteiger partial charge in [0.05, 0.1) is 13.2 Å². The van der Waals surface area contributed by atoms with Crippen molar-refractivity contribution in [3.8, 4) is 11.5 Å². The summed E-state index contributed by atoms with van der Waals surface area (Å²) >= 11 is 0. The SMILES string of the molecule is Cl.c1cc2c(cc1CNCCN1CCOCC1)OCCO2. The molecule has 0 spiro atoms. The summed E-state index contributed by atoms with van der Waals surface area (Å²) in [5, 5.41) is 3.48. The van der Waals surface area contributed by atoms with Gasteiger partial charge in [0.2, 0.25) is 0 Å². The van der Waals surface area contributed by atoms with Crippen LogP contribution < -0.4 is 14.8 Å². The molecule has 2 aliphatic heterocycles. The van der Waals surface area contributed by atoms with E-state index in [0.29, 0.717) is 13.2 Å². The van der Waals surface area contributed by atoms with Crippen molar-refractivity contribution in [1.29, 1.82) is 0 Å². The Hall–Kier alpha value is -1.01. The Morgan fingerprint density at radius 3 is 2.57 bits per heavy atom. The molecule has 6 heteroatoms. The van der Waals surface area contributed by atoms with Crippen molar-refractivity contribution in [3.63, 3.8) is 0 Å². The van der Waals surface area contributed by atoms with E-state index in [-0.39, 0.29) is 12.4 Å². The number of benzene rings is 1. The molecule has 2 heterocycles. The molecule has 1 saturated heterocycles. The molecule has 1 N–H and O–H groups in total. The van der Waals surface area contributed by atoms with Gasteiger partial charge in [-0.05, 0) is 17.7 Å². The first-order valence-corrected chi connectivity index (χ1v) is 7.31. The van der Waals surface area contributed by atoms with Gasteiger partial charge in [0.25, 0.3) is 0 Å². The molecule has 1 aromatic carbocycles. The minimum atomic E-state index is 0. The first kappa shape index (κ1) is 16.4. The molecule has 3 rings (SSSR count). The average molecular weight is 315 g/mol. The fourth-order valence-corrected chi connectivity index (χ4v) is 2.49. The highest BCUT2D eigenvalue weighted by molar-refractivity contribution is 5.85. The second kappa shape index (κ2) is 8.44. The molecular weight excluding hydrogens is 292 g/mol. The lowest BCUT2D eigenvalue weighted by molar-refractivity contribution is 0.0384. The molecule has 2 aliphatic rings. The van der Waals surface area contributed by atoms with Crippen LogP contribution in [-0.2, 0) is 11.3 Å². The summed E-state index contributed by atoms with van der Waals surface area (Å²) in [5.41, 5.74) is 1.23.